The molecule has 146 valence electrons. The van der Waals surface area contributed by atoms with Gasteiger partial charge in [0.25, 0.3) is 5.91 Å². The molecule has 1 unspecified atom stereocenters. The van der Waals surface area contributed by atoms with Crippen molar-refractivity contribution in [3.63, 3.8) is 0 Å². The molecule has 0 aliphatic heterocycles. The van der Waals surface area contributed by atoms with E-state index in [0.29, 0.717) is 18.8 Å². The van der Waals surface area contributed by atoms with Gasteiger partial charge in [-0.15, -0.1) is 13.2 Å². The number of esters is 1. The average Bonchev–Trinajstić information content (AvgIpc) is 2.65. The monoisotopic (exact) mass is 374 g/mol. The number of carbonyl (C=O) groups excluding carboxylic acids is 3. The lowest BCUT2D eigenvalue weighted by Crippen LogP contribution is -2.35. The van der Waals surface area contributed by atoms with Crippen LogP contribution in [0.1, 0.15) is 24.9 Å². The highest BCUT2D eigenvalue weighted by atomic mass is 16.5. The molecule has 0 radical (unpaired) electrons. The maximum atomic E-state index is 12.2. The third kappa shape index (κ3) is 7.77. The summed E-state index contributed by atoms with van der Waals surface area (Å²) < 4.78 is 10.2. The normalized spacial score (nSPS) is 11.0. The Bertz CT molecular complexity index is 659. The SMILES string of the molecule is C=CCN(CC=C)C(=O)COC(=O)CC(NC(C)=O)c1ccc(OC)cc1. The van der Waals surface area contributed by atoms with Crippen molar-refractivity contribution >= 4 is 17.8 Å². The van der Waals surface area contributed by atoms with Gasteiger partial charge < -0.3 is 19.7 Å². The van der Waals surface area contributed by atoms with E-state index in [0.717, 1.165) is 5.56 Å². The van der Waals surface area contributed by atoms with E-state index in [9.17, 15) is 14.4 Å². The maximum absolute atomic E-state index is 12.2. The van der Waals surface area contributed by atoms with Crippen LogP contribution in [0.5, 0.6) is 5.75 Å². The molecule has 0 aromatic heterocycles. The Hall–Kier alpha value is -3.09. The number of ether oxygens (including phenoxy) is 2. The van der Waals surface area contributed by atoms with Crippen molar-refractivity contribution in [1.82, 2.24) is 10.2 Å². The lowest BCUT2D eigenvalue weighted by molar-refractivity contribution is -0.152. The number of benzene rings is 1. The van der Waals surface area contributed by atoms with Gasteiger partial charge in [0.1, 0.15) is 5.75 Å². The first-order valence-corrected chi connectivity index (χ1v) is 8.47. The Morgan fingerprint density at radius 1 is 1.15 bits per heavy atom. The number of carbonyl (C=O) groups is 3. The predicted octanol–water partition coefficient (Wildman–Crippen LogP) is 2.01. The van der Waals surface area contributed by atoms with Gasteiger partial charge in [0.15, 0.2) is 6.61 Å². The van der Waals surface area contributed by atoms with Crippen molar-refractivity contribution in [1.29, 1.82) is 0 Å². The van der Waals surface area contributed by atoms with Gasteiger partial charge in [-0.25, -0.2) is 0 Å². The number of rotatable bonds is 11. The highest BCUT2D eigenvalue weighted by molar-refractivity contribution is 5.81. The first-order valence-electron chi connectivity index (χ1n) is 8.47. The van der Waals surface area contributed by atoms with Crippen molar-refractivity contribution in [2.45, 2.75) is 19.4 Å². The summed E-state index contributed by atoms with van der Waals surface area (Å²) in [5.74, 6) is -0.542. The number of nitrogens with zero attached hydrogens (tertiary/aromatic N) is 1. The maximum Gasteiger partial charge on any atom is 0.308 e. The molecule has 0 heterocycles. The van der Waals surface area contributed by atoms with Gasteiger partial charge in [-0.3, -0.25) is 14.4 Å². The minimum atomic E-state index is -0.588. The molecule has 1 N–H and O–H groups in total. The van der Waals surface area contributed by atoms with Gasteiger partial charge in [0, 0.05) is 20.0 Å². The largest absolute Gasteiger partial charge is 0.497 e. The average molecular weight is 374 g/mol. The van der Waals surface area contributed by atoms with Crippen molar-refractivity contribution in [3.8, 4) is 5.75 Å². The van der Waals surface area contributed by atoms with Crippen LogP contribution in [0.4, 0.5) is 0 Å². The van der Waals surface area contributed by atoms with Crippen LogP contribution in [-0.2, 0) is 19.1 Å². The number of amides is 2. The van der Waals surface area contributed by atoms with Crippen molar-refractivity contribution < 1.29 is 23.9 Å². The van der Waals surface area contributed by atoms with Crippen LogP contribution in [0.15, 0.2) is 49.6 Å². The van der Waals surface area contributed by atoms with E-state index < -0.39 is 12.0 Å². The standard InChI is InChI=1S/C20H26N2O5/c1-5-11-22(12-6-2)19(24)14-27-20(25)13-18(21-15(3)23)16-7-9-17(26-4)10-8-16/h5-10,18H,1-2,11-14H2,3-4H3,(H,21,23). The van der Waals surface area contributed by atoms with E-state index in [4.69, 9.17) is 9.47 Å². The van der Waals surface area contributed by atoms with E-state index >= 15 is 0 Å². The van der Waals surface area contributed by atoms with E-state index in [2.05, 4.69) is 18.5 Å². The number of hydrogen-bond donors (Lipinski definition) is 1. The van der Waals surface area contributed by atoms with Crippen LogP contribution in [0, 0.1) is 0 Å². The molecule has 0 saturated heterocycles. The summed E-state index contributed by atoms with van der Waals surface area (Å²) in [6.45, 7) is 8.84. The molecule has 0 spiro atoms. The number of methoxy groups -OCH3 is 1. The fourth-order valence-corrected chi connectivity index (χ4v) is 2.38. The Balaban J connectivity index is 2.70. The van der Waals surface area contributed by atoms with Gasteiger partial charge >= 0.3 is 5.97 Å². The van der Waals surface area contributed by atoms with Crippen molar-refractivity contribution in [2.75, 3.05) is 26.8 Å². The quantitative estimate of drug-likeness (QED) is 0.473. The second-order valence-corrected chi connectivity index (χ2v) is 5.77. The molecule has 0 fully saturated rings. The van der Waals surface area contributed by atoms with E-state index in [1.807, 2.05) is 0 Å². The predicted molar refractivity (Wildman–Crippen MR) is 102 cm³/mol. The van der Waals surface area contributed by atoms with Gasteiger partial charge in [-0.2, -0.15) is 0 Å². The molecule has 7 nitrogen and oxygen atoms in total. The summed E-state index contributed by atoms with van der Waals surface area (Å²) in [4.78, 5) is 37.2. The molecule has 2 amide bonds. The van der Waals surface area contributed by atoms with Gasteiger partial charge in [0.2, 0.25) is 5.91 Å². The fraction of sp³-hybridized carbons (Fsp3) is 0.350. The highest BCUT2D eigenvalue weighted by Gasteiger charge is 2.20. The summed E-state index contributed by atoms with van der Waals surface area (Å²) in [6.07, 6.45) is 3.07. The molecule has 1 atom stereocenters. The second kappa shape index (κ2) is 11.5. The third-order valence-electron chi connectivity index (χ3n) is 3.67. The van der Waals surface area contributed by atoms with E-state index in [1.165, 1.54) is 11.8 Å². The van der Waals surface area contributed by atoms with Crippen LogP contribution in [0.25, 0.3) is 0 Å². The zero-order valence-electron chi connectivity index (χ0n) is 15.8. The first-order chi connectivity index (χ1) is 12.9. The molecule has 1 rings (SSSR count). The third-order valence-corrected chi connectivity index (χ3v) is 3.67. The van der Waals surface area contributed by atoms with Crippen LogP contribution in [-0.4, -0.2) is 49.5 Å². The minimum Gasteiger partial charge on any atom is -0.497 e. The Morgan fingerprint density at radius 3 is 2.22 bits per heavy atom. The van der Waals surface area contributed by atoms with Crippen LogP contribution >= 0.6 is 0 Å². The molecule has 0 aliphatic rings. The zero-order chi connectivity index (χ0) is 20.2. The molecule has 0 bridgehead atoms. The zero-order valence-corrected chi connectivity index (χ0v) is 15.8. The van der Waals surface area contributed by atoms with Crippen LogP contribution in [0.2, 0.25) is 0 Å². The summed E-state index contributed by atoms with van der Waals surface area (Å²) in [6, 6.07) is 6.43. The molecule has 27 heavy (non-hydrogen) atoms. The lowest BCUT2D eigenvalue weighted by Gasteiger charge is -2.20. The van der Waals surface area contributed by atoms with E-state index in [1.54, 1.807) is 43.5 Å². The summed E-state index contributed by atoms with van der Waals surface area (Å²) in [7, 11) is 1.55. The minimum absolute atomic E-state index is 0.0951. The summed E-state index contributed by atoms with van der Waals surface area (Å²) >= 11 is 0. The van der Waals surface area contributed by atoms with Crippen molar-refractivity contribution in [2.24, 2.45) is 0 Å². The second-order valence-electron chi connectivity index (χ2n) is 5.77. The lowest BCUT2D eigenvalue weighted by atomic mass is 10.0. The summed E-state index contributed by atoms with van der Waals surface area (Å²) in [5.41, 5.74) is 0.731. The van der Waals surface area contributed by atoms with E-state index in [-0.39, 0.29) is 24.8 Å². The van der Waals surface area contributed by atoms with Crippen molar-refractivity contribution in [3.05, 3.63) is 55.1 Å². The molecular weight excluding hydrogens is 348 g/mol. The number of hydrogen-bond acceptors (Lipinski definition) is 5. The fourth-order valence-electron chi connectivity index (χ4n) is 2.38. The van der Waals surface area contributed by atoms with Gasteiger partial charge in [-0.1, -0.05) is 24.3 Å². The van der Waals surface area contributed by atoms with Gasteiger partial charge in [0.05, 0.1) is 19.6 Å². The molecule has 7 heteroatoms. The topological polar surface area (TPSA) is 84.9 Å². The van der Waals surface area contributed by atoms with Gasteiger partial charge in [-0.05, 0) is 17.7 Å². The Morgan fingerprint density at radius 2 is 1.74 bits per heavy atom. The van der Waals surface area contributed by atoms with Crippen LogP contribution in [0.3, 0.4) is 0 Å². The molecule has 1 aromatic rings. The van der Waals surface area contributed by atoms with Crippen LogP contribution < -0.4 is 10.1 Å². The Labute approximate surface area is 159 Å². The molecule has 0 aliphatic carbocycles. The number of nitrogens with one attached hydrogen (secondary N) is 1. The molecule has 0 saturated carbocycles. The highest BCUT2D eigenvalue weighted by Crippen LogP contribution is 2.21. The first kappa shape index (κ1) is 22.0. The smallest absolute Gasteiger partial charge is 0.308 e. The molecule has 1 aromatic carbocycles. The molecular formula is C20H26N2O5. The Kier molecular flexibility index (Phi) is 9.36. The summed E-state index contributed by atoms with van der Waals surface area (Å²) in [5, 5.41) is 2.71.